The number of ether oxygens (including phenoxy) is 1. The number of carbonyl (C=O) groups excluding carboxylic acids is 1. The van der Waals surface area contributed by atoms with Crippen molar-refractivity contribution in [3.05, 3.63) is 52.6 Å². The van der Waals surface area contributed by atoms with Gasteiger partial charge >= 0.3 is 0 Å². The average molecular weight is 387 g/mol. The molecule has 6 heteroatoms. The summed E-state index contributed by atoms with van der Waals surface area (Å²) in [6.45, 7) is 11.5. The summed E-state index contributed by atoms with van der Waals surface area (Å²) in [5.74, 6) is -0.344. The molecule has 152 valence electrons. The van der Waals surface area contributed by atoms with Crippen molar-refractivity contribution in [1.82, 2.24) is 9.88 Å². The average Bonchev–Trinajstić information content (AvgIpc) is 2.92. The standard InChI is InChI=1S/C22H30FN3O2/c1-5-15(2)24-22(27)21-16(3)20(25-9-11-28-12-10-25)17(4)26(21)14-18-7-6-8-19(23)13-18/h6-8,13,15H,5,9-12,14H2,1-4H3,(H,24,27)/t15-/m0/s1. The summed E-state index contributed by atoms with van der Waals surface area (Å²) >= 11 is 0. The van der Waals surface area contributed by atoms with E-state index in [1.54, 1.807) is 6.07 Å². The Balaban J connectivity index is 2.05. The van der Waals surface area contributed by atoms with Crippen LogP contribution in [0.3, 0.4) is 0 Å². The smallest absolute Gasteiger partial charge is 0.268 e. The van der Waals surface area contributed by atoms with E-state index in [0.717, 1.165) is 42.0 Å². The zero-order valence-corrected chi connectivity index (χ0v) is 17.2. The summed E-state index contributed by atoms with van der Waals surface area (Å²) in [6.07, 6.45) is 0.866. The Bertz CT molecular complexity index is 841. The van der Waals surface area contributed by atoms with Gasteiger partial charge in [0.15, 0.2) is 0 Å². The molecule has 0 bridgehead atoms. The van der Waals surface area contributed by atoms with Crippen molar-refractivity contribution >= 4 is 11.6 Å². The van der Waals surface area contributed by atoms with Gasteiger partial charge in [0.1, 0.15) is 11.5 Å². The molecule has 5 nitrogen and oxygen atoms in total. The largest absolute Gasteiger partial charge is 0.378 e. The Kier molecular flexibility index (Phi) is 6.39. The predicted molar refractivity (Wildman–Crippen MR) is 110 cm³/mol. The van der Waals surface area contributed by atoms with Gasteiger partial charge in [-0.2, -0.15) is 0 Å². The molecule has 3 rings (SSSR count). The third-order valence-corrected chi connectivity index (χ3v) is 5.49. The lowest BCUT2D eigenvalue weighted by molar-refractivity contribution is 0.0929. The summed E-state index contributed by atoms with van der Waals surface area (Å²) in [4.78, 5) is 15.4. The van der Waals surface area contributed by atoms with Crippen molar-refractivity contribution in [3.8, 4) is 0 Å². The Morgan fingerprint density at radius 3 is 2.64 bits per heavy atom. The summed E-state index contributed by atoms with van der Waals surface area (Å²) in [5.41, 5.74) is 4.58. The monoisotopic (exact) mass is 387 g/mol. The molecule has 1 aliphatic heterocycles. The SMILES string of the molecule is CC[C@H](C)NC(=O)c1c(C)c(N2CCOCC2)c(C)n1Cc1cccc(F)c1. The number of nitrogens with zero attached hydrogens (tertiary/aromatic N) is 2. The quantitative estimate of drug-likeness (QED) is 0.823. The number of halogens is 1. The Morgan fingerprint density at radius 2 is 2.00 bits per heavy atom. The van der Waals surface area contributed by atoms with Crippen LogP contribution in [-0.4, -0.2) is 42.8 Å². The summed E-state index contributed by atoms with van der Waals surface area (Å²) in [5, 5.41) is 3.09. The maximum absolute atomic E-state index is 13.7. The molecule has 1 saturated heterocycles. The van der Waals surface area contributed by atoms with Crippen LogP contribution in [0, 0.1) is 19.7 Å². The molecule has 1 aromatic heterocycles. The lowest BCUT2D eigenvalue weighted by Crippen LogP contribution is -2.37. The van der Waals surface area contributed by atoms with Crippen molar-refractivity contribution < 1.29 is 13.9 Å². The van der Waals surface area contributed by atoms with Gasteiger partial charge in [0.25, 0.3) is 5.91 Å². The number of carbonyl (C=O) groups is 1. The molecular weight excluding hydrogens is 357 g/mol. The van der Waals surface area contributed by atoms with E-state index < -0.39 is 0 Å². The van der Waals surface area contributed by atoms with Gasteiger partial charge in [-0.05, 0) is 44.9 Å². The first-order valence-corrected chi connectivity index (χ1v) is 10.00. The van der Waals surface area contributed by atoms with E-state index in [4.69, 9.17) is 4.74 Å². The molecular formula is C22H30FN3O2. The highest BCUT2D eigenvalue weighted by atomic mass is 19.1. The van der Waals surface area contributed by atoms with E-state index in [9.17, 15) is 9.18 Å². The summed E-state index contributed by atoms with van der Waals surface area (Å²) < 4.78 is 21.2. The van der Waals surface area contributed by atoms with Gasteiger partial charge in [0.2, 0.25) is 0 Å². The third kappa shape index (κ3) is 4.22. The number of rotatable bonds is 6. The van der Waals surface area contributed by atoms with Crippen LogP contribution in [0.2, 0.25) is 0 Å². The van der Waals surface area contributed by atoms with Gasteiger partial charge in [-0.3, -0.25) is 4.79 Å². The highest BCUT2D eigenvalue weighted by Crippen LogP contribution is 2.32. The molecule has 1 atom stereocenters. The molecule has 2 aromatic rings. The molecule has 1 aromatic carbocycles. The van der Waals surface area contributed by atoms with E-state index in [2.05, 4.69) is 10.2 Å². The zero-order valence-electron chi connectivity index (χ0n) is 17.2. The number of amides is 1. The molecule has 0 aliphatic carbocycles. The molecule has 0 unspecified atom stereocenters. The highest BCUT2D eigenvalue weighted by Gasteiger charge is 2.27. The summed E-state index contributed by atoms with van der Waals surface area (Å²) in [7, 11) is 0. The van der Waals surface area contributed by atoms with Gasteiger partial charge in [0.05, 0.1) is 18.9 Å². The van der Waals surface area contributed by atoms with Gasteiger partial charge in [-0.1, -0.05) is 19.1 Å². The second-order valence-corrected chi connectivity index (χ2v) is 7.51. The fourth-order valence-electron chi connectivity index (χ4n) is 3.84. The van der Waals surface area contributed by atoms with Gasteiger partial charge in [-0.25, -0.2) is 4.39 Å². The molecule has 1 N–H and O–H groups in total. The van der Waals surface area contributed by atoms with Gasteiger partial charge in [0, 0.05) is 36.9 Å². The number of nitrogens with one attached hydrogen (secondary N) is 1. The molecule has 2 heterocycles. The minimum atomic E-state index is -0.266. The van der Waals surface area contributed by atoms with Crippen molar-refractivity contribution in [1.29, 1.82) is 0 Å². The molecule has 0 radical (unpaired) electrons. The highest BCUT2D eigenvalue weighted by molar-refractivity contribution is 5.96. The van der Waals surface area contributed by atoms with Crippen LogP contribution in [0.1, 0.15) is 47.6 Å². The van der Waals surface area contributed by atoms with Crippen LogP contribution in [0.5, 0.6) is 0 Å². The summed E-state index contributed by atoms with van der Waals surface area (Å²) in [6, 6.07) is 6.66. The van der Waals surface area contributed by atoms with Crippen LogP contribution < -0.4 is 10.2 Å². The maximum atomic E-state index is 13.7. The van der Waals surface area contributed by atoms with Crippen LogP contribution in [0.15, 0.2) is 24.3 Å². The molecule has 0 spiro atoms. The van der Waals surface area contributed by atoms with Crippen LogP contribution >= 0.6 is 0 Å². The van der Waals surface area contributed by atoms with Crippen molar-refractivity contribution in [2.75, 3.05) is 31.2 Å². The van der Waals surface area contributed by atoms with Gasteiger partial charge < -0.3 is 19.5 Å². The van der Waals surface area contributed by atoms with Crippen molar-refractivity contribution in [3.63, 3.8) is 0 Å². The first-order valence-electron chi connectivity index (χ1n) is 10.00. The molecule has 1 fully saturated rings. The number of aromatic nitrogens is 1. The van der Waals surface area contributed by atoms with E-state index in [1.807, 2.05) is 38.3 Å². The minimum absolute atomic E-state index is 0.0779. The number of hydrogen-bond acceptors (Lipinski definition) is 3. The topological polar surface area (TPSA) is 46.5 Å². The van der Waals surface area contributed by atoms with Crippen molar-refractivity contribution in [2.24, 2.45) is 0 Å². The zero-order chi connectivity index (χ0) is 20.3. The lowest BCUT2D eigenvalue weighted by Gasteiger charge is -2.29. The first kappa shape index (κ1) is 20.4. The van der Waals surface area contributed by atoms with Gasteiger partial charge in [-0.15, -0.1) is 0 Å². The van der Waals surface area contributed by atoms with E-state index in [1.165, 1.54) is 12.1 Å². The third-order valence-electron chi connectivity index (χ3n) is 5.49. The second-order valence-electron chi connectivity index (χ2n) is 7.51. The number of hydrogen-bond donors (Lipinski definition) is 1. The maximum Gasteiger partial charge on any atom is 0.268 e. The Labute approximate surface area is 166 Å². The molecule has 0 saturated carbocycles. The molecule has 1 aliphatic rings. The molecule has 1 amide bonds. The van der Waals surface area contributed by atoms with E-state index in [0.29, 0.717) is 25.5 Å². The number of anilines is 1. The normalized spacial score (nSPS) is 15.5. The fraction of sp³-hybridized carbons (Fsp3) is 0.500. The number of morpholine rings is 1. The second kappa shape index (κ2) is 8.78. The Morgan fingerprint density at radius 1 is 1.29 bits per heavy atom. The van der Waals surface area contributed by atoms with Crippen LogP contribution in [0.25, 0.3) is 0 Å². The van der Waals surface area contributed by atoms with E-state index in [-0.39, 0.29) is 17.8 Å². The van der Waals surface area contributed by atoms with E-state index >= 15 is 0 Å². The predicted octanol–water partition coefficient (Wildman–Crippen LogP) is 3.66. The lowest BCUT2D eigenvalue weighted by atomic mass is 10.1. The Hall–Kier alpha value is -2.34. The van der Waals surface area contributed by atoms with Crippen LogP contribution in [-0.2, 0) is 11.3 Å². The van der Waals surface area contributed by atoms with Crippen LogP contribution in [0.4, 0.5) is 10.1 Å². The fourth-order valence-corrected chi connectivity index (χ4v) is 3.84. The first-order chi connectivity index (χ1) is 13.4. The minimum Gasteiger partial charge on any atom is -0.378 e. The molecule has 28 heavy (non-hydrogen) atoms. The number of benzene rings is 1. The van der Waals surface area contributed by atoms with Crippen molar-refractivity contribution in [2.45, 2.75) is 46.7 Å².